The lowest BCUT2D eigenvalue weighted by atomic mass is 9.81. The molecule has 0 spiro atoms. The first-order valence-electron chi connectivity index (χ1n) is 6.91. The molecule has 0 fully saturated rings. The van der Waals surface area contributed by atoms with Gasteiger partial charge in [0.2, 0.25) is 0 Å². The summed E-state index contributed by atoms with van der Waals surface area (Å²) >= 11 is 13.1. The van der Waals surface area contributed by atoms with E-state index in [0.29, 0.717) is 21.0 Å². The fourth-order valence-electron chi connectivity index (χ4n) is 2.98. The fourth-order valence-corrected chi connectivity index (χ4v) is 4.27. The second-order valence-electron chi connectivity index (χ2n) is 5.46. The summed E-state index contributed by atoms with van der Waals surface area (Å²) in [6.07, 6.45) is 3.08. The third kappa shape index (κ3) is 3.20. The SMILES string of the molecule is Fc1cc(Br)c(Cl)cc1C(Br)C1CCc2ccccc2C1. The van der Waals surface area contributed by atoms with Crippen LogP contribution in [0.25, 0.3) is 0 Å². The van der Waals surface area contributed by atoms with E-state index in [4.69, 9.17) is 11.6 Å². The van der Waals surface area contributed by atoms with E-state index in [-0.39, 0.29) is 10.6 Å². The highest BCUT2D eigenvalue weighted by Gasteiger charge is 2.27. The molecule has 0 nitrogen and oxygen atoms in total. The minimum Gasteiger partial charge on any atom is -0.207 e. The molecule has 4 heteroatoms. The Hall–Kier alpha value is -0.380. The van der Waals surface area contributed by atoms with E-state index in [0.717, 1.165) is 19.3 Å². The molecule has 2 atom stereocenters. The first-order valence-corrected chi connectivity index (χ1v) is 9.00. The van der Waals surface area contributed by atoms with Crippen LogP contribution in [0.5, 0.6) is 0 Å². The number of fused-ring (bicyclic) bond motifs is 1. The standard InChI is InChI=1S/C17H14Br2ClF/c18-14-9-16(21)13(8-15(14)20)17(19)12-6-5-10-3-1-2-4-11(10)7-12/h1-4,8-9,12,17H,5-7H2. The highest BCUT2D eigenvalue weighted by molar-refractivity contribution is 9.10. The van der Waals surface area contributed by atoms with Crippen LogP contribution >= 0.6 is 43.5 Å². The molecule has 0 bridgehead atoms. The molecule has 0 heterocycles. The zero-order chi connectivity index (χ0) is 15.0. The van der Waals surface area contributed by atoms with E-state index in [1.165, 1.54) is 17.2 Å². The minimum atomic E-state index is -0.216. The van der Waals surface area contributed by atoms with Crippen LogP contribution in [-0.4, -0.2) is 0 Å². The van der Waals surface area contributed by atoms with Crippen LogP contribution in [0.3, 0.4) is 0 Å². The Morgan fingerprint density at radius 2 is 1.90 bits per heavy atom. The molecular formula is C17H14Br2ClF. The number of aryl methyl sites for hydroxylation is 1. The summed E-state index contributed by atoms with van der Waals surface area (Å²) in [6.45, 7) is 0. The minimum absolute atomic E-state index is 0.0172. The van der Waals surface area contributed by atoms with Crippen LogP contribution in [0, 0.1) is 11.7 Å². The Labute approximate surface area is 146 Å². The van der Waals surface area contributed by atoms with Crippen molar-refractivity contribution in [1.29, 1.82) is 0 Å². The molecule has 0 aliphatic heterocycles. The van der Waals surface area contributed by atoms with Gasteiger partial charge in [0.25, 0.3) is 0 Å². The summed E-state index contributed by atoms with van der Waals surface area (Å²) < 4.78 is 14.8. The second kappa shape index (κ2) is 6.39. The van der Waals surface area contributed by atoms with Gasteiger partial charge >= 0.3 is 0 Å². The molecule has 2 aromatic rings. The average Bonchev–Trinajstić information content (AvgIpc) is 2.50. The van der Waals surface area contributed by atoms with Crippen molar-refractivity contribution in [2.75, 3.05) is 0 Å². The summed E-state index contributed by atoms with van der Waals surface area (Å²) in [5.74, 6) is 0.165. The van der Waals surface area contributed by atoms with Crippen LogP contribution < -0.4 is 0 Å². The second-order valence-corrected chi connectivity index (χ2v) is 7.71. The Morgan fingerprint density at radius 3 is 2.67 bits per heavy atom. The topological polar surface area (TPSA) is 0 Å². The molecule has 2 aromatic carbocycles. The normalized spacial score (nSPS) is 19.1. The number of hydrogen-bond donors (Lipinski definition) is 0. The van der Waals surface area contributed by atoms with Crippen molar-refractivity contribution in [3.8, 4) is 0 Å². The monoisotopic (exact) mass is 430 g/mol. The van der Waals surface area contributed by atoms with Crippen LogP contribution in [0.2, 0.25) is 5.02 Å². The number of rotatable bonds is 2. The lowest BCUT2D eigenvalue weighted by Gasteiger charge is -2.29. The third-order valence-electron chi connectivity index (χ3n) is 4.14. The van der Waals surface area contributed by atoms with Gasteiger partial charge in [0, 0.05) is 14.9 Å². The largest absolute Gasteiger partial charge is 0.207 e. The Kier molecular flexibility index (Phi) is 4.72. The van der Waals surface area contributed by atoms with Crippen LogP contribution in [0.4, 0.5) is 4.39 Å². The summed E-state index contributed by atoms with van der Waals surface area (Å²) in [5, 5.41) is 0.548. The molecule has 3 rings (SSSR count). The molecule has 1 aliphatic carbocycles. The van der Waals surface area contributed by atoms with Gasteiger partial charge in [-0.25, -0.2) is 4.39 Å². The predicted octanol–water partition coefficient (Wildman–Crippen LogP) is 6.48. The molecule has 1 aliphatic rings. The van der Waals surface area contributed by atoms with E-state index in [1.807, 2.05) is 0 Å². The molecule has 0 saturated heterocycles. The summed E-state index contributed by atoms with van der Waals surface area (Å²) in [5.41, 5.74) is 3.44. The van der Waals surface area contributed by atoms with Crippen LogP contribution in [-0.2, 0) is 12.8 Å². The quantitative estimate of drug-likeness (QED) is 0.376. The predicted molar refractivity (Wildman–Crippen MR) is 92.7 cm³/mol. The molecule has 0 amide bonds. The maximum Gasteiger partial charge on any atom is 0.128 e. The molecule has 21 heavy (non-hydrogen) atoms. The highest BCUT2D eigenvalue weighted by Crippen LogP contribution is 2.42. The zero-order valence-corrected chi connectivity index (χ0v) is 15.2. The average molecular weight is 433 g/mol. The Bertz CT molecular complexity index is 672. The van der Waals surface area contributed by atoms with E-state index >= 15 is 0 Å². The van der Waals surface area contributed by atoms with Crippen molar-refractivity contribution >= 4 is 43.5 Å². The molecule has 0 aromatic heterocycles. The van der Waals surface area contributed by atoms with Crippen molar-refractivity contribution in [3.05, 3.63) is 68.4 Å². The zero-order valence-electron chi connectivity index (χ0n) is 11.3. The van der Waals surface area contributed by atoms with E-state index in [1.54, 1.807) is 6.07 Å². The third-order valence-corrected chi connectivity index (χ3v) is 6.57. The number of alkyl halides is 1. The van der Waals surface area contributed by atoms with Gasteiger partial charge in [-0.3, -0.25) is 0 Å². The smallest absolute Gasteiger partial charge is 0.128 e. The summed E-state index contributed by atoms with van der Waals surface area (Å²) in [4.78, 5) is -0.0172. The molecule has 2 unspecified atom stereocenters. The first kappa shape index (κ1) is 15.5. The molecule has 0 radical (unpaired) electrons. The molecular weight excluding hydrogens is 418 g/mol. The van der Waals surface area contributed by atoms with Crippen molar-refractivity contribution in [3.63, 3.8) is 0 Å². The Balaban J connectivity index is 1.87. The van der Waals surface area contributed by atoms with Crippen LogP contribution in [0.1, 0.15) is 27.9 Å². The molecule has 0 saturated carbocycles. The molecule has 110 valence electrons. The lowest BCUT2D eigenvalue weighted by Crippen LogP contribution is -2.19. The van der Waals surface area contributed by atoms with Gasteiger partial charge in [-0.05, 0) is 64.4 Å². The van der Waals surface area contributed by atoms with Gasteiger partial charge in [0.05, 0.1) is 5.02 Å². The Morgan fingerprint density at radius 1 is 1.19 bits per heavy atom. The van der Waals surface area contributed by atoms with E-state index in [2.05, 4.69) is 56.1 Å². The van der Waals surface area contributed by atoms with Gasteiger partial charge in [-0.15, -0.1) is 0 Å². The highest BCUT2D eigenvalue weighted by atomic mass is 79.9. The fraction of sp³-hybridized carbons (Fsp3) is 0.294. The number of halogens is 4. The van der Waals surface area contributed by atoms with E-state index in [9.17, 15) is 4.39 Å². The first-order chi connectivity index (χ1) is 10.1. The lowest BCUT2D eigenvalue weighted by molar-refractivity contribution is 0.443. The maximum atomic E-state index is 14.2. The van der Waals surface area contributed by atoms with Gasteiger partial charge < -0.3 is 0 Å². The van der Waals surface area contributed by atoms with Crippen molar-refractivity contribution in [2.24, 2.45) is 5.92 Å². The van der Waals surface area contributed by atoms with Crippen LogP contribution in [0.15, 0.2) is 40.9 Å². The number of benzene rings is 2. The maximum absolute atomic E-state index is 14.2. The van der Waals surface area contributed by atoms with Crippen molar-refractivity contribution in [2.45, 2.75) is 24.1 Å². The van der Waals surface area contributed by atoms with Crippen molar-refractivity contribution < 1.29 is 4.39 Å². The van der Waals surface area contributed by atoms with Gasteiger partial charge in [-0.2, -0.15) is 0 Å². The van der Waals surface area contributed by atoms with Gasteiger partial charge in [0.15, 0.2) is 0 Å². The number of hydrogen-bond acceptors (Lipinski definition) is 0. The van der Waals surface area contributed by atoms with Gasteiger partial charge in [0.1, 0.15) is 5.82 Å². The van der Waals surface area contributed by atoms with Crippen molar-refractivity contribution in [1.82, 2.24) is 0 Å². The molecule has 0 N–H and O–H groups in total. The summed E-state index contributed by atoms with van der Waals surface area (Å²) in [7, 11) is 0. The van der Waals surface area contributed by atoms with Gasteiger partial charge in [-0.1, -0.05) is 51.8 Å². The van der Waals surface area contributed by atoms with E-state index < -0.39 is 0 Å². The summed E-state index contributed by atoms with van der Waals surface area (Å²) in [6, 6.07) is 11.7.